The minimum absolute atomic E-state index is 0.137. The lowest BCUT2D eigenvalue weighted by Crippen LogP contribution is -2.71. The van der Waals surface area contributed by atoms with Crippen molar-refractivity contribution in [2.45, 2.75) is 51.2 Å². The molecule has 0 aromatic rings. The molecule has 18 heavy (non-hydrogen) atoms. The van der Waals surface area contributed by atoms with E-state index in [1.807, 2.05) is 0 Å². The third kappa shape index (κ3) is 2.10. The minimum atomic E-state index is 0.137. The van der Waals surface area contributed by atoms with E-state index in [4.69, 9.17) is 4.74 Å². The molecule has 2 bridgehead atoms. The number of nitrogens with one attached hydrogen (secondary N) is 1. The van der Waals surface area contributed by atoms with Crippen LogP contribution in [0.4, 0.5) is 0 Å². The van der Waals surface area contributed by atoms with Gasteiger partial charge in [0, 0.05) is 19.1 Å². The van der Waals surface area contributed by atoms with E-state index in [1.165, 1.54) is 45.3 Å². The predicted molar refractivity (Wildman–Crippen MR) is 73.7 cm³/mol. The number of hydrogen-bond acceptors (Lipinski definition) is 3. The number of morpholine rings is 1. The Kier molecular flexibility index (Phi) is 3.65. The molecule has 4 saturated heterocycles. The summed E-state index contributed by atoms with van der Waals surface area (Å²) in [5.74, 6) is 1.60. The molecule has 3 unspecified atom stereocenters. The zero-order valence-corrected chi connectivity index (χ0v) is 12.0. The van der Waals surface area contributed by atoms with Crippen LogP contribution >= 0.6 is 0 Å². The second-order valence-electron chi connectivity index (χ2n) is 6.61. The number of nitrogens with zero attached hydrogens (tertiary/aromatic N) is 1. The smallest absolute Gasteiger partial charge is 0.0990 e. The Hall–Kier alpha value is -0.120. The van der Waals surface area contributed by atoms with Crippen molar-refractivity contribution in [1.82, 2.24) is 10.2 Å². The molecule has 0 saturated carbocycles. The summed E-state index contributed by atoms with van der Waals surface area (Å²) >= 11 is 0. The van der Waals surface area contributed by atoms with Gasteiger partial charge in [-0.2, -0.15) is 0 Å². The summed E-state index contributed by atoms with van der Waals surface area (Å²) in [6, 6.07) is 0.578. The molecule has 0 radical (unpaired) electrons. The molecule has 3 heteroatoms. The average Bonchev–Trinajstić information content (AvgIpc) is 2.42. The summed E-state index contributed by atoms with van der Waals surface area (Å²) in [4.78, 5) is 2.62. The zero-order chi connectivity index (χ0) is 12.6. The van der Waals surface area contributed by atoms with Gasteiger partial charge < -0.3 is 15.0 Å². The van der Waals surface area contributed by atoms with Crippen molar-refractivity contribution >= 4 is 0 Å². The zero-order valence-electron chi connectivity index (χ0n) is 12.0. The topological polar surface area (TPSA) is 24.5 Å². The van der Waals surface area contributed by atoms with E-state index in [0.717, 1.165) is 25.0 Å². The van der Waals surface area contributed by atoms with E-state index in [2.05, 4.69) is 24.1 Å². The molecular formula is C15H28N2O. The van der Waals surface area contributed by atoms with E-state index in [9.17, 15) is 0 Å². The van der Waals surface area contributed by atoms with Gasteiger partial charge in [0.15, 0.2) is 0 Å². The highest BCUT2D eigenvalue weighted by molar-refractivity contribution is 5.08. The van der Waals surface area contributed by atoms with E-state index in [1.54, 1.807) is 0 Å². The Labute approximate surface area is 111 Å². The normalized spacial score (nSPS) is 45.3. The monoisotopic (exact) mass is 252 g/mol. The molecule has 4 aliphatic rings. The molecule has 0 aliphatic carbocycles. The van der Waals surface area contributed by atoms with E-state index in [-0.39, 0.29) is 5.60 Å². The molecule has 4 heterocycles. The van der Waals surface area contributed by atoms with Crippen molar-refractivity contribution in [3.05, 3.63) is 0 Å². The quantitative estimate of drug-likeness (QED) is 0.830. The van der Waals surface area contributed by atoms with Crippen LogP contribution in [0, 0.1) is 11.8 Å². The van der Waals surface area contributed by atoms with Crippen LogP contribution < -0.4 is 5.32 Å². The lowest BCUT2D eigenvalue weighted by molar-refractivity contribution is -0.189. The molecule has 1 N–H and O–H groups in total. The molecule has 1 spiro atoms. The van der Waals surface area contributed by atoms with E-state index >= 15 is 0 Å². The maximum absolute atomic E-state index is 6.39. The van der Waals surface area contributed by atoms with Gasteiger partial charge in [0.05, 0.1) is 12.2 Å². The molecule has 3 atom stereocenters. The minimum Gasteiger partial charge on any atom is -0.370 e. The summed E-state index contributed by atoms with van der Waals surface area (Å²) in [6.07, 6.45) is 5.25. The summed E-state index contributed by atoms with van der Waals surface area (Å²) in [7, 11) is 0. The first-order valence-electron chi connectivity index (χ1n) is 7.84. The van der Waals surface area contributed by atoms with Gasteiger partial charge in [-0.25, -0.2) is 0 Å². The van der Waals surface area contributed by atoms with Gasteiger partial charge in [0.1, 0.15) is 0 Å². The fourth-order valence-electron chi connectivity index (χ4n) is 4.22. The number of fused-ring (bicyclic) bond motifs is 2. The Morgan fingerprint density at radius 2 is 2.17 bits per heavy atom. The average molecular weight is 252 g/mol. The van der Waals surface area contributed by atoms with Crippen LogP contribution in [0.25, 0.3) is 0 Å². The van der Waals surface area contributed by atoms with Crippen LogP contribution in [0.15, 0.2) is 0 Å². The maximum Gasteiger partial charge on any atom is 0.0990 e. The van der Waals surface area contributed by atoms with Gasteiger partial charge in [0.2, 0.25) is 0 Å². The van der Waals surface area contributed by atoms with Crippen molar-refractivity contribution in [1.29, 1.82) is 0 Å². The first-order chi connectivity index (χ1) is 8.74. The number of rotatable bonds is 3. The molecule has 0 aromatic carbocycles. The number of hydrogen-bond donors (Lipinski definition) is 1. The number of piperidine rings is 3. The molecule has 4 rings (SSSR count). The predicted octanol–water partition coefficient (Wildman–Crippen LogP) is 1.88. The van der Waals surface area contributed by atoms with Crippen LogP contribution in [0.1, 0.15) is 39.5 Å². The molecular weight excluding hydrogens is 224 g/mol. The van der Waals surface area contributed by atoms with Gasteiger partial charge in [-0.15, -0.1) is 0 Å². The largest absolute Gasteiger partial charge is 0.370 e. The molecule has 3 nitrogen and oxygen atoms in total. The van der Waals surface area contributed by atoms with Crippen molar-refractivity contribution in [3.63, 3.8) is 0 Å². The van der Waals surface area contributed by atoms with Crippen molar-refractivity contribution in [3.8, 4) is 0 Å². The standard InChI is InChI=1S/C15H28N2O/c1-3-12(2)10-14-15(18-9-6-16-14)11-17-7-4-13(15)5-8-17/h12-14,16H,3-11H2,1-2H3. The van der Waals surface area contributed by atoms with Gasteiger partial charge in [-0.3, -0.25) is 0 Å². The molecule has 0 amide bonds. The SMILES string of the molecule is CCC(C)CC1NCCOC12CN1CCC2CC1. The Morgan fingerprint density at radius 3 is 2.78 bits per heavy atom. The molecule has 4 fully saturated rings. The van der Waals surface area contributed by atoms with Crippen molar-refractivity contribution < 1.29 is 4.74 Å². The van der Waals surface area contributed by atoms with Gasteiger partial charge in [0.25, 0.3) is 0 Å². The third-order valence-electron chi connectivity index (χ3n) is 5.54. The van der Waals surface area contributed by atoms with Crippen molar-refractivity contribution in [2.75, 3.05) is 32.8 Å². The summed E-state index contributed by atoms with van der Waals surface area (Å²) in [5.41, 5.74) is 0.137. The highest BCUT2D eigenvalue weighted by Crippen LogP contribution is 2.43. The Bertz CT molecular complexity index is 288. The van der Waals surface area contributed by atoms with Crippen LogP contribution in [0.3, 0.4) is 0 Å². The van der Waals surface area contributed by atoms with Gasteiger partial charge in [-0.05, 0) is 44.2 Å². The Balaban J connectivity index is 1.78. The van der Waals surface area contributed by atoms with Crippen LogP contribution in [-0.4, -0.2) is 49.3 Å². The van der Waals surface area contributed by atoms with Crippen LogP contribution in [0.2, 0.25) is 0 Å². The lowest BCUT2D eigenvalue weighted by atomic mass is 9.68. The summed E-state index contributed by atoms with van der Waals surface area (Å²) in [5, 5.41) is 3.78. The first-order valence-corrected chi connectivity index (χ1v) is 7.84. The van der Waals surface area contributed by atoms with E-state index < -0.39 is 0 Å². The summed E-state index contributed by atoms with van der Waals surface area (Å²) < 4.78 is 6.39. The highest BCUT2D eigenvalue weighted by Gasteiger charge is 2.53. The highest BCUT2D eigenvalue weighted by atomic mass is 16.5. The number of ether oxygens (including phenoxy) is 1. The van der Waals surface area contributed by atoms with Gasteiger partial charge in [-0.1, -0.05) is 20.3 Å². The second-order valence-corrected chi connectivity index (χ2v) is 6.61. The second kappa shape index (κ2) is 5.10. The molecule has 4 aliphatic heterocycles. The lowest BCUT2D eigenvalue weighted by Gasteiger charge is -2.58. The van der Waals surface area contributed by atoms with Crippen LogP contribution in [-0.2, 0) is 4.74 Å². The Morgan fingerprint density at radius 1 is 1.39 bits per heavy atom. The van der Waals surface area contributed by atoms with Crippen LogP contribution in [0.5, 0.6) is 0 Å². The maximum atomic E-state index is 6.39. The summed E-state index contributed by atoms with van der Waals surface area (Å²) in [6.45, 7) is 10.4. The fourth-order valence-corrected chi connectivity index (χ4v) is 4.22. The molecule has 0 aromatic heterocycles. The first kappa shape index (κ1) is 12.9. The molecule has 104 valence electrons. The van der Waals surface area contributed by atoms with E-state index in [0.29, 0.717) is 6.04 Å². The third-order valence-corrected chi connectivity index (χ3v) is 5.54. The fraction of sp³-hybridized carbons (Fsp3) is 1.00. The van der Waals surface area contributed by atoms with Gasteiger partial charge >= 0.3 is 0 Å². The van der Waals surface area contributed by atoms with Crippen molar-refractivity contribution in [2.24, 2.45) is 11.8 Å².